The molecule has 2 aliphatic carbocycles. The number of nitrogens with one attached hydrogen (secondary N) is 2. The van der Waals surface area contributed by atoms with Crippen molar-refractivity contribution in [2.24, 2.45) is 5.92 Å². The van der Waals surface area contributed by atoms with Crippen LogP contribution in [0.15, 0.2) is 46.1 Å². The van der Waals surface area contributed by atoms with E-state index in [1.54, 1.807) is 50.2 Å². The Labute approximate surface area is 261 Å². The van der Waals surface area contributed by atoms with Gasteiger partial charge in [-0.2, -0.15) is 4.31 Å². The zero-order valence-corrected chi connectivity index (χ0v) is 27.1. The van der Waals surface area contributed by atoms with Crippen LogP contribution in [-0.2, 0) is 34.2 Å². The number of amides is 2. The molecular weight excluding hydrogens is 576 g/mol. The summed E-state index contributed by atoms with van der Waals surface area (Å²) in [5, 5.41) is 5.87. The maximum atomic E-state index is 13.9. The average Bonchev–Trinajstić information content (AvgIpc) is 3.00. The van der Waals surface area contributed by atoms with E-state index in [9.17, 15) is 22.8 Å². The summed E-state index contributed by atoms with van der Waals surface area (Å²) in [5.74, 6) is -0.434. The third-order valence-electron chi connectivity index (χ3n) is 9.67. The predicted molar refractivity (Wildman–Crippen MR) is 171 cm³/mol. The highest BCUT2D eigenvalue weighted by Crippen LogP contribution is 2.27. The van der Waals surface area contributed by atoms with Gasteiger partial charge in [-0.15, -0.1) is 0 Å². The molecule has 9 nitrogen and oxygen atoms in total. The molecular formula is C34H48N4O5S. The molecule has 2 aromatic rings. The van der Waals surface area contributed by atoms with Crippen LogP contribution in [0.2, 0.25) is 0 Å². The van der Waals surface area contributed by atoms with Crippen molar-refractivity contribution in [3.05, 3.63) is 63.6 Å². The third kappa shape index (κ3) is 7.45. The van der Waals surface area contributed by atoms with E-state index in [1.807, 2.05) is 4.57 Å². The Hall–Kier alpha value is -2.98. The number of benzene rings is 1. The summed E-state index contributed by atoms with van der Waals surface area (Å²) in [5.41, 5.74) is 0.769. The van der Waals surface area contributed by atoms with Crippen molar-refractivity contribution < 1.29 is 18.0 Å². The van der Waals surface area contributed by atoms with E-state index in [0.717, 1.165) is 62.6 Å². The molecule has 10 heteroatoms. The number of sulfonamides is 1. The lowest BCUT2D eigenvalue weighted by atomic mass is 9.88. The molecule has 5 rings (SSSR count). The quantitative estimate of drug-likeness (QED) is 0.447. The number of aromatic nitrogens is 1. The predicted octanol–water partition coefficient (Wildman–Crippen LogP) is 4.57. The first-order valence-electron chi connectivity index (χ1n) is 16.5. The van der Waals surface area contributed by atoms with Gasteiger partial charge in [-0.3, -0.25) is 14.4 Å². The molecule has 2 fully saturated rings. The minimum atomic E-state index is -3.59. The molecule has 0 radical (unpaired) electrons. The fraction of sp³-hybridized carbons (Fsp3) is 0.618. The van der Waals surface area contributed by atoms with Crippen molar-refractivity contribution >= 4 is 21.8 Å². The highest BCUT2D eigenvalue weighted by Gasteiger charge is 2.35. The maximum absolute atomic E-state index is 13.9. The van der Waals surface area contributed by atoms with E-state index in [1.165, 1.54) is 23.6 Å². The third-order valence-corrected chi connectivity index (χ3v) is 11.6. The monoisotopic (exact) mass is 624 g/mol. The number of rotatable bonds is 8. The van der Waals surface area contributed by atoms with Gasteiger partial charge in [0, 0.05) is 31.4 Å². The van der Waals surface area contributed by atoms with Crippen molar-refractivity contribution in [3.63, 3.8) is 0 Å². The molecule has 1 aromatic carbocycles. The van der Waals surface area contributed by atoms with Gasteiger partial charge in [0.1, 0.15) is 11.1 Å². The van der Waals surface area contributed by atoms with Gasteiger partial charge in [-0.05, 0) is 94.9 Å². The largest absolute Gasteiger partial charge is 0.351 e. The highest BCUT2D eigenvalue weighted by molar-refractivity contribution is 7.89. The zero-order chi connectivity index (χ0) is 31.3. The Morgan fingerprint density at radius 2 is 1.52 bits per heavy atom. The number of pyridine rings is 1. The smallest absolute Gasteiger partial charge is 0.263 e. The van der Waals surface area contributed by atoms with Gasteiger partial charge < -0.3 is 15.2 Å². The average molecular weight is 625 g/mol. The minimum Gasteiger partial charge on any atom is -0.351 e. The summed E-state index contributed by atoms with van der Waals surface area (Å²) < 4.78 is 29.3. The van der Waals surface area contributed by atoms with Crippen molar-refractivity contribution in [1.82, 2.24) is 19.5 Å². The SMILES string of the molecule is CC(C)(NC(=O)c1cc2c(n(CC3CCCCC3)c1=O)CCCCCC2)C(=O)NC1CCN(S(=O)(=O)c2ccccc2)CC1. The van der Waals surface area contributed by atoms with E-state index in [-0.39, 0.29) is 28.0 Å². The molecule has 1 aromatic heterocycles. The number of hydrogen-bond donors (Lipinski definition) is 2. The molecule has 1 saturated heterocycles. The Bertz CT molecular complexity index is 1490. The molecule has 3 aliphatic rings. The van der Waals surface area contributed by atoms with E-state index in [4.69, 9.17) is 0 Å². The number of aryl methyl sites for hydroxylation is 1. The Balaban J connectivity index is 1.26. The van der Waals surface area contributed by atoms with Crippen molar-refractivity contribution in [1.29, 1.82) is 0 Å². The second-order valence-electron chi connectivity index (χ2n) is 13.4. The van der Waals surface area contributed by atoms with E-state index in [0.29, 0.717) is 38.4 Å². The molecule has 2 N–H and O–H groups in total. The molecule has 240 valence electrons. The maximum Gasteiger partial charge on any atom is 0.263 e. The molecule has 0 unspecified atom stereocenters. The molecule has 0 spiro atoms. The van der Waals surface area contributed by atoms with Crippen molar-refractivity contribution in [3.8, 4) is 0 Å². The van der Waals surface area contributed by atoms with Crippen LogP contribution in [0.5, 0.6) is 0 Å². The molecule has 44 heavy (non-hydrogen) atoms. The molecule has 1 aliphatic heterocycles. The molecule has 0 bridgehead atoms. The first-order chi connectivity index (χ1) is 21.1. The summed E-state index contributed by atoms with van der Waals surface area (Å²) in [4.78, 5) is 41.2. The lowest BCUT2D eigenvalue weighted by molar-refractivity contribution is -0.127. The summed E-state index contributed by atoms with van der Waals surface area (Å²) in [6.07, 6.45) is 12.9. The van der Waals surface area contributed by atoms with Gasteiger partial charge in [-0.1, -0.05) is 50.3 Å². The number of hydrogen-bond acceptors (Lipinski definition) is 5. The minimum absolute atomic E-state index is 0.112. The van der Waals surface area contributed by atoms with Gasteiger partial charge in [-0.25, -0.2) is 8.42 Å². The standard InChI is InChI=1S/C34H48N4O5S/c1-34(2,33(41)35-27-19-21-37(22-20-27)44(42,43)28-16-10-6-11-17-28)36-31(39)29-23-26-15-9-3-4-12-18-30(26)38(32(29)40)24-25-13-7-5-8-14-25/h6,10-11,16-17,23,25,27H,3-5,7-9,12-15,18-22,24H2,1-2H3,(H,35,41)(H,36,39). The van der Waals surface area contributed by atoms with Crippen LogP contribution in [-0.4, -0.2) is 53.8 Å². The van der Waals surface area contributed by atoms with Crippen LogP contribution in [0.1, 0.15) is 106 Å². The topological polar surface area (TPSA) is 118 Å². The second kappa shape index (κ2) is 14.0. The summed E-state index contributed by atoms with van der Waals surface area (Å²) in [6.45, 7) is 4.53. The van der Waals surface area contributed by atoms with Gasteiger partial charge in [0.15, 0.2) is 0 Å². The number of carbonyl (C=O) groups excluding carboxylic acids is 2. The Morgan fingerprint density at radius 3 is 2.20 bits per heavy atom. The summed E-state index contributed by atoms with van der Waals surface area (Å²) in [7, 11) is -3.59. The van der Waals surface area contributed by atoms with Crippen LogP contribution < -0.4 is 16.2 Å². The van der Waals surface area contributed by atoms with Crippen molar-refractivity contribution in [2.75, 3.05) is 13.1 Å². The fourth-order valence-electron chi connectivity index (χ4n) is 6.97. The van der Waals surface area contributed by atoms with Gasteiger partial charge in [0.05, 0.1) is 4.90 Å². The zero-order valence-electron chi connectivity index (χ0n) is 26.3. The Morgan fingerprint density at radius 1 is 0.886 bits per heavy atom. The van der Waals surface area contributed by atoms with Gasteiger partial charge in [0.2, 0.25) is 15.9 Å². The number of nitrogens with zero attached hydrogens (tertiary/aromatic N) is 2. The van der Waals surface area contributed by atoms with Crippen LogP contribution in [0.25, 0.3) is 0 Å². The first-order valence-corrected chi connectivity index (χ1v) is 17.9. The second-order valence-corrected chi connectivity index (χ2v) is 15.3. The normalized spacial score (nSPS) is 19.4. The number of carbonyl (C=O) groups is 2. The molecule has 2 heterocycles. The van der Waals surface area contributed by atoms with Crippen LogP contribution in [0, 0.1) is 5.92 Å². The van der Waals surface area contributed by atoms with Crippen molar-refractivity contribution in [2.45, 2.75) is 120 Å². The van der Waals surface area contributed by atoms with Crippen LogP contribution in [0.3, 0.4) is 0 Å². The van der Waals surface area contributed by atoms with E-state index < -0.39 is 21.5 Å². The van der Waals surface area contributed by atoms with Gasteiger partial charge in [0.25, 0.3) is 11.5 Å². The van der Waals surface area contributed by atoms with E-state index >= 15 is 0 Å². The molecule has 1 saturated carbocycles. The van der Waals surface area contributed by atoms with Gasteiger partial charge >= 0.3 is 0 Å². The first kappa shape index (κ1) is 32.4. The number of fused-ring (bicyclic) bond motifs is 1. The summed E-state index contributed by atoms with van der Waals surface area (Å²) >= 11 is 0. The summed E-state index contributed by atoms with van der Waals surface area (Å²) in [6, 6.07) is 9.93. The highest BCUT2D eigenvalue weighted by atomic mass is 32.2. The lowest BCUT2D eigenvalue weighted by Crippen LogP contribution is -2.58. The fourth-order valence-corrected chi connectivity index (χ4v) is 8.46. The molecule has 2 amide bonds. The van der Waals surface area contributed by atoms with Crippen LogP contribution >= 0.6 is 0 Å². The van der Waals surface area contributed by atoms with Crippen LogP contribution in [0.4, 0.5) is 0 Å². The number of piperidine rings is 1. The van der Waals surface area contributed by atoms with E-state index in [2.05, 4.69) is 10.6 Å². The molecule has 0 atom stereocenters. The lowest BCUT2D eigenvalue weighted by Gasteiger charge is -2.34. The Kier molecular flexibility index (Phi) is 10.3.